The van der Waals surface area contributed by atoms with E-state index in [0.29, 0.717) is 24.9 Å². The normalized spacial score (nSPS) is 22.5. The first kappa shape index (κ1) is 17.8. The van der Waals surface area contributed by atoms with Crippen LogP contribution in [0.5, 0.6) is 0 Å². The average Bonchev–Trinajstić information content (AvgIpc) is 3.33. The number of rotatable bonds is 3. The summed E-state index contributed by atoms with van der Waals surface area (Å²) in [5, 5.41) is 13.2. The molecule has 0 amide bonds. The zero-order valence-electron chi connectivity index (χ0n) is 15.9. The predicted molar refractivity (Wildman–Crippen MR) is 104 cm³/mol. The van der Waals surface area contributed by atoms with E-state index in [1.54, 1.807) is 4.42 Å². The summed E-state index contributed by atoms with van der Waals surface area (Å²) in [6.07, 6.45) is 4.96. The topological polar surface area (TPSA) is 72.9 Å². The molecule has 1 aliphatic carbocycles. The van der Waals surface area contributed by atoms with Crippen molar-refractivity contribution in [3.05, 3.63) is 53.2 Å². The third kappa shape index (κ3) is 3.12. The van der Waals surface area contributed by atoms with E-state index in [0.717, 1.165) is 61.2 Å². The monoisotopic (exact) mass is 398 g/mol. The zero-order valence-corrected chi connectivity index (χ0v) is 16.6. The summed E-state index contributed by atoms with van der Waals surface area (Å²) in [5.74, 6) is 4.29. The van der Waals surface area contributed by atoms with Crippen molar-refractivity contribution in [2.24, 2.45) is 0 Å². The second-order valence-electron chi connectivity index (χ2n) is 7.67. The lowest BCUT2D eigenvalue weighted by atomic mass is 9.81. The van der Waals surface area contributed by atoms with E-state index in [2.05, 4.69) is 49.2 Å². The molecule has 0 radical (unpaired) electrons. The Bertz CT molecular complexity index is 975. The minimum atomic E-state index is 0.373. The van der Waals surface area contributed by atoms with Gasteiger partial charge in [-0.2, -0.15) is 4.98 Å². The molecule has 8 heteroatoms. The van der Waals surface area contributed by atoms with Crippen LogP contribution in [0.1, 0.15) is 73.4 Å². The Morgan fingerprint density at radius 1 is 1.07 bits per heavy atom. The lowest BCUT2D eigenvalue weighted by molar-refractivity contribution is 0.344. The molecule has 1 aliphatic heterocycles. The van der Waals surface area contributed by atoms with E-state index in [9.17, 15) is 0 Å². The molecule has 3 aromatic rings. The summed E-state index contributed by atoms with van der Waals surface area (Å²) in [4.78, 5) is 4.53. The molecule has 1 aromatic carbocycles. The molecule has 0 atom stereocenters. The number of para-hydroxylation sites is 1. The Morgan fingerprint density at radius 2 is 1.86 bits per heavy atom. The van der Waals surface area contributed by atoms with Crippen LogP contribution in [0, 0.1) is 0 Å². The van der Waals surface area contributed by atoms with Crippen LogP contribution in [0.4, 0.5) is 0 Å². The van der Waals surface area contributed by atoms with Gasteiger partial charge in [0.25, 0.3) is 0 Å². The molecule has 0 unspecified atom stereocenters. The van der Waals surface area contributed by atoms with Crippen LogP contribution < -0.4 is 0 Å². The van der Waals surface area contributed by atoms with Gasteiger partial charge in [0.2, 0.25) is 5.89 Å². The van der Waals surface area contributed by atoms with Crippen molar-refractivity contribution < 1.29 is 4.52 Å². The molecule has 0 bridgehead atoms. The minimum absolute atomic E-state index is 0.373. The van der Waals surface area contributed by atoms with E-state index in [1.165, 1.54) is 5.56 Å². The molecule has 2 aromatic heterocycles. The van der Waals surface area contributed by atoms with Gasteiger partial charge >= 0.3 is 0 Å². The molecule has 7 nitrogen and oxygen atoms in total. The van der Waals surface area contributed by atoms with E-state index in [4.69, 9.17) is 16.3 Å². The van der Waals surface area contributed by atoms with Gasteiger partial charge in [-0.1, -0.05) is 30.3 Å². The van der Waals surface area contributed by atoms with Crippen LogP contribution >= 0.6 is 11.8 Å². The van der Waals surface area contributed by atoms with Crippen LogP contribution in [0.15, 0.2) is 28.8 Å². The summed E-state index contributed by atoms with van der Waals surface area (Å²) in [6.45, 7) is 3.32. The van der Waals surface area contributed by atoms with Crippen molar-refractivity contribution in [3.63, 3.8) is 0 Å². The third-order valence-corrected chi connectivity index (χ3v) is 6.13. The van der Waals surface area contributed by atoms with Crippen LogP contribution in [0.3, 0.4) is 0 Å². The quantitative estimate of drug-likeness (QED) is 0.618. The van der Waals surface area contributed by atoms with E-state index in [-0.39, 0.29) is 0 Å². The molecule has 28 heavy (non-hydrogen) atoms. The minimum Gasteiger partial charge on any atom is -0.339 e. The number of fused-ring (bicyclic) bond motifs is 3. The standard InChI is InChI=1S/C20H23ClN6O/c1-2-18-22-19(25-28-18)13-7-9-14(10-8-13)20-24-23-17-12-26(21)11-15-5-3-4-6-16(15)27(17)20/h3-6,13-14H,2,7-12H2,1H3. The highest BCUT2D eigenvalue weighted by Gasteiger charge is 2.32. The first-order chi connectivity index (χ1) is 13.7. The Kier molecular flexibility index (Phi) is 4.64. The van der Waals surface area contributed by atoms with Crippen molar-refractivity contribution in [1.82, 2.24) is 29.3 Å². The van der Waals surface area contributed by atoms with E-state index >= 15 is 0 Å². The molecule has 1 fully saturated rings. The van der Waals surface area contributed by atoms with Crippen molar-refractivity contribution in [2.45, 2.75) is 64.0 Å². The SMILES string of the molecule is CCc1nc(C2CCC(c3nnc4n3-c3ccccc3CN(Cl)C4)CC2)no1. The van der Waals surface area contributed by atoms with Crippen LogP contribution in [0.2, 0.25) is 0 Å². The Labute approximate surface area is 168 Å². The smallest absolute Gasteiger partial charge is 0.226 e. The lowest BCUT2D eigenvalue weighted by Crippen LogP contribution is -2.17. The van der Waals surface area contributed by atoms with Crippen LogP contribution in [-0.4, -0.2) is 29.3 Å². The Balaban J connectivity index is 1.41. The van der Waals surface area contributed by atoms with Gasteiger partial charge in [-0.05, 0) is 49.1 Å². The van der Waals surface area contributed by atoms with Gasteiger partial charge in [-0.15, -0.1) is 10.2 Å². The number of hydrogen-bond acceptors (Lipinski definition) is 6. The molecule has 0 N–H and O–H groups in total. The summed E-state index contributed by atoms with van der Waals surface area (Å²) in [5.41, 5.74) is 2.35. The van der Waals surface area contributed by atoms with Crippen molar-refractivity contribution in [2.75, 3.05) is 0 Å². The molecular formula is C20H23ClN6O. The van der Waals surface area contributed by atoms with Gasteiger partial charge in [-0.3, -0.25) is 4.57 Å². The van der Waals surface area contributed by atoms with Crippen molar-refractivity contribution in [3.8, 4) is 5.69 Å². The first-order valence-electron chi connectivity index (χ1n) is 9.98. The number of hydrogen-bond donors (Lipinski definition) is 0. The largest absolute Gasteiger partial charge is 0.339 e. The highest BCUT2D eigenvalue weighted by atomic mass is 35.5. The van der Waals surface area contributed by atoms with Gasteiger partial charge in [0.15, 0.2) is 11.6 Å². The number of aryl methyl sites for hydroxylation is 1. The molecule has 3 heterocycles. The number of aromatic nitrogens is 5. The van der Waals surface area contributed by atoms with Gasteiger partial charge < -0.3 is 4.52 Å². The zero-order chi connectivity index (χ0) is 19.1. The van der Waals surface area contributed by atoms with Gasteiger partial charge in [0.05, 0.1) is 12.2 Å². The van der Waals surface area contributed by atoms with Crippen LogP contribution in [0.25, 0.3) is 5.69 Å². The average molecular weight is 399 g/mol. The number of nitrogens with zero attached hydrogens (tertiary/aromatic N) is 6. The summed E-state index contributed by atoms with van der Waals surface area (Å²) in [7, 11) is 0. The lowest BCUT2D eigenvalue weighted by Gasteiger charge is -2.26. The molecule has 0 spiro atoms. The molecule has 2 aliphatic rings. The third-order valence-electron chi connectivity index (χ3n) is 5.89. The molecule has 0 saturated heterocycles. The molecule has 146 valence electrons. The second-order valence-corrected chi connectivity index (χ2v) is 8.14. The predicted octanol–water partition coefficient (Wildman–Crippen LogP) is 4.12. The maximum absolute atomic E-state index is 6.40. The van der Waals surface area contributed by atoms with E-state index in [1.807, 2.05) is 6.92 Å². The first-order valence-corrected chi connectivity index (χ1v) is 10.3. The second kappa shape index (κ2) is 7.29. The number of benzene rings is 1. The van der Waals surface area contributed by atoms with Crippen molar-refractivity contribution in [1.29, 1.82) is 0 Å². The Hall–Kier alpha value is -2.25. The summed E-state index contributed by atoms with van der Waals surface area (Å²) in [6, 6.07) is 8.38. The molecule has 5 rings (SSSR count). The van der Waals surface area contributed by atoms with E-state index < -0.39 is 0 Å². The summed E-state index contributed by atoms with van der Waals surface area (Å²) >= 11 is 6.40. The molecular weight excluding hydrogens is 376 g/mol. The highest BCUT2D eigenvalue weighted by molar-refractivity contribution is 6.13. The van der Waals surface area contributed by atoms with Crippen molar-refractivity contribution >= 4 is 11.8 Å². The van der Waals surface area contributed by atoms with Gasteiger partial charge in [0, 0.05) is 24.8 Å². The highest BCUT2D eigenvalue weighted by Crippen LogP contribution is 2.40. The van der Waals surface area contributed by atoms with Gasteiger partial charge in [0.1, 0.15) is 5.82 Å². The van der Waals surface area contributed by atoms with Crippen LogP contribution in [-0.2, 0) is 19.5 Å². The Morgan fingerprint density at radius 3 is 2.64 bits per heavy atom. The fourth-order valence-electron chi connectivity index (χ4n) is 4.40. The maximum atomic E-state index is 6.40. The fraction of sp³-hybridized carbons (Fsp3) is 0.500. The van der Waals surface area contributed by atoms with Gasteiger partial charge in [-0.25, -0.2) is 4.42 Å². The summed E-state index contributed by atoms with van der Waals surface area (Å²) < 4.78 is 9.30. The fourth-order valence-corrected chi connectivity index (χ4v) is 4.64. The molecule has 1 saturated carbocycles. The number of halogens is 1. The maximum Gasteiger partial charge on any atom is 0.226 e.